The van der Waals surface area contributed by atoms with Crippen molar-refractivity contribution in [2.45, 2.75) is 6.04 Å². The van der Waals surface area contributed by atoms with Gasteiger partial charge in [-0.05, 0) is 12.1 Å². The second-order valence-corrected chi connectivity index (χ2v) is 3.09. The molecule has 0 radical (unpaired) electrons. The Kier molecular flexibility index (Phi) is 2.51. The molecule has 5 heteroatoms. The number of nitrogens with one attached hydrogen (secondary N) is 1. The topological polar surface area (TPSA) is 71.7 Å². The van der Waals surface area contributed by atoms with E-state index in [1.807, 2.05) is 0 Å². The zero-order valence-corrected chi connectivity index (χ0v) is 7.53. The van der Waals surface area contributed by atoms with Crippen molar-refractivity contribution in [1.82, 2.24) is 5.32 Å². The predicted molar refractivity (Wildman–Crippen MR) is 47.2 cm³/mol. The largest absolute Gasteiger partial charge is 0.475 e. The molecule has 0 saturated carbocycles. The predicted octanol–water partition coefficient (Wildman–Crippen LogP) is 0.639. The van der Waals surface area contributed by atoms with E-state index in [2.05, 4.69) is 5.32 Å². The van der Waals surface area contributed by atoms with Crippen LogP contribution in [-0.4, -0.2) is 30.8 Å². The van der Waals surface area contributed by atoms with E-state index in [0.717, 1.165) is 6.54 Å². The maximum atomic E-state index is 10.6. The van der Waals surface area contributed by atoms with Crippen LogP contribution >= 0.6 is 0 Å². The fourth-order valence-electron chi connectivity index (χ4n) is 1.40. The summed E-state index contributed by atoms with van der Waals surface area (Å²) in [4.78, 5) is 10.6. The van der Waals surface area contributed by atoms with Crippen LogP contribution < -0.4 is 5.32 Å². The van der Waals surface area contributed by atoms with Gasteiger partial charge in [0, 0.05) is 6.54 Å². The van der Waals surface area contributed by atoms with E-state index in [4.69, 9.17) is 14.3 Å². The van der Waals surface area contributed by atoms with Gasteiger partial charge in [0.2, 0.25) is 5.76 Å². The molecule has 0 bridgehead atoms. The molecule has 76 valence electrons. The van der Waals surface area contributed by atoms with E-state index < -0.39 is 5.97 Å². The van der Waals surface area contributed by atoms with Crippen molar-refractivity contribution in [3.63, 3.8) is 0 Å². The van der Waals surface area contributed by atoms with Gasteiger partial charge in [-0.3, -0.25) is 0 Å². The lowest BCUT2D eigenvalue weighted by molar-refractivity contribution is 0.0616. The van der Waals surface area contributed by atoms with Crippen molar-refractivity contribution in [2.24, 2.45) is 0 Å². The summed E-state index contributed by atoms with van der Waals surface area (Å²) in [5, 5.41) is 11.8. The van der Waals surface area contributed by atoms with E-state index >= 15 is 0 Å². The standard InChI is InChI=1S/C9H11NO4/c11-9(12)8-2-1-7(14-8)6-5-13-4-3-10-6/h1-2,6,10H,3-5H2,(H,11,12). The van der Waals surface area contributed by atoms with E-state index in [-0.39, 0.29) is 11.8 Å². The number of hydrogen-bond donors (Lipinski definition) is 2. The smallest absolute Gasteiger partial charge is 0.371 e. The maximum absolute atomic E-state index is 10.6. The van der Waals surface area contributed by atoms with E-state index in [0.29, 0.717) is 19.0 Å². The van der Waals surface area contributed by atoms with Crippen molar-refractivity contribution in [1.29, 1.82) is 0 Å². The Morgan fingerprint density at radius 3 is 3.00 bits per heavy atom. The number of carboxylic acids is 1. The Labute approximate surface area is 80.7 Å². The van der Waals surface area contributed by atoms with Gasteiger partial charge in [0.1, 0.15) is 5.76 Å². The third-order valence-electron chi connectivity index (χ3n) is 2.10. The highest BCUT2D eigenvalue weighted by molar-refractivity contribution is 5.84. The molecule has 2 heterocycles. The Morgan fingerprint density at radius 1 is 1.57 bits per heavy atom. The minimum absolute atomic E-state index is 0.0307. The average molecular weight is 197 g/mol. The molecule has 1 aliphatic heterocycles. The quantitative estimate of drug-likeness (QED) is 0.727. The number of carbonyl (C=O) groups is 1. The molecule has 1 fully saturated rings. The summed E-state index contributed by atoms with van der Waals surface area (Å²) >= 11 is 0. The van der Waals surface area contributed by atoms with Crippen molar-refractivity contribution >= 4 is 5.97 Å². The minimum Gasteiger partial charge on any atom is -0.475 e. The Morgan fingerprint density at radius 2 is 2.43 bits per heavy atom. The highest BCUT2D eigenvalue weighted by Crippen LogP contribution is 2.18. The third-order valence-corrected chi connectivity index (χ3v) is 2.10. The summed E-state index contributed by atoms with van der Waals surface area (Å²) in [5.41, 5.74) is 0. The number of aromatic carboxylic acids is 1. The Balaban J connectivity index is 2.11. The van der Waals surface area contributed by atoms with Crippen LogP contribution in [0, 0.1) is 0 Å². The molecule has 0 aromatic carbocycles. The number of furan rings is 1. The number of hydrogen-bond acceptors (Lipinski definition) is 4. The maximum Gasteiger partial charge on any atom is 0.371 e. The summed E-state index contributed by atoms with van der Waals surface area (Å²) in [5.74, 6) is -0.470. The first-order valence-electron chi connectivity index (χ1n) is 4.41. The first-order valence-corrected chi connectivity index (χ1v) is 4.41. The lowest BCUT2D eigenvalue weighted by atomic mass is 10.2. The van der Waals surface area contributed by atoms with Crippen LogP contribution in [0.3, 0.4) is 0 Å². The Hall–Kier alpha value is -1.33. The first-order chi connectivity index (χ1) is 6.77. The van der Waals surface area contributed by atoms with Crippen LogP contribution in [0.25, 0.3) is 0 Å². The van der Waals surface area contributed by atoms with Crippen LogP contribution in [0.15, 0.2) is 16.5 Å². The summed E-state index contributed by atoms with van der Waals surface area (Å²) in [6.07, 6.45) is 0. The number of morpholine rings is 1. The van der Waals surface area contributed by atoms with Crippen molar-refractivity contribution < 1.29 is 19.1 Å². The van der Waals surface area contributed by atoms with Crippen molar-refractivity contribution in [3.05, 3.63) is 23.7 Å². The molecule has 0 spiro atoms. The second kappa shape index (κ2) is 3.81. The molecule has 1 aliphatic rings. The van der Waals surface area contributed by atoms with Gasteiger partial charge in [0.25, 0.3) is 0 Å². The lowest BCUT2D eigenvalue weighted by Gasteiger charge is -2.21. The monoisotopic (exact) mass is 197 g/mol. The van der Waals surface area contributed by atoms with Gasteiger partial charge in [-0.2, -0.15) is 0 Å². The van der Waals surface area contributed by atoms with Gasteiger partial charge in [-0.15, -0.1) is 0 Å². The fraction of sp³-hybridized carbons (Fsp3) is 0.444. The molecule has 0 amide bonds. The highest BCUT2D eigenvalue weighted by Gasteiger charge is 2.19. The first kappa shape index (κ1) is 9.23. The average Bonchev–Trinajstić information content (AvgIpc) is 2.68. The molecular formula is C9H11NO4. The van der Waals surface area contributed by atoms with Crippen molar-refractivity contribution in [3.8, 4) is 0 Å². The van der Waals surface area contributed by atoms with E-state index in [1.165, 1.54) is 6.07 Å². The summed E-state index contributed by atoms with van der Waals surface area (Å²) in [6, 6.07) is 3.08. The van der Waals surface area contributed by atoms with Gasteiger partial charge in [0.15, 0.2) is 0 Å². The molecule has 1 saturated heterocycles. The third kappa shape index (κ3) is 1.78. The van der Waals surface area contributed by atoms with E-state index in [1.54, 1.807) is 6.07 Å². The van der Waals surface area contributed by atoms with Crippen LogP contribution in [0.2, 0.25) is 0 Å². The summed E-state index contributed by atoms with van der Waals surface area (Å²) in [7, 11) is 0. The highest BCUT2D eigenvalue weighted by atomic mass is 16.5. The van der Waals surface area contributed by atoms with Gasteiger partial charge in [-0.1, -0.05) is 0 Å². The number of carboxylic acid groups (broad SMARTS) is 1. The van der Waals surface area contributed by atoms with Crippen LogP contribution in [-0.2, 0) is 4.74 Å². The van der Waals surface area contributed by atoms with Gasteiger partial charge >= 0.3 is 5.97 Å². The van der Waals surface area contributed by atoms with Crippen LogP contribution in [0.1, 0.15) is 22.4 Å². The molecule has 5 nitrogen and oxygen atoms in total. The van der Waals surface area contributed by atoms with Crippen LogP contribution in [0.4, 0.5) is 0 Å². The molecular weight excluding hydrogens is 186 g/mol. The molecule has 14 heavy (non-hydrogen) atoms. The zero-order chi connectivity index (χ0) is 9.97. The fourth-order valence-corrected chi connectivity index (χ4v) is 1.40. The number of ether oxygens (including phenoxy) is 1. The van der Waals surface area contributed by atoms with Gasteiger partial charge in [-0.25, -0.2) is 4.79 Å². The molecule has 1 aromatic rings. The van der Waals surface area contributed by atoms with Gasteiger partial charge in [0.05, 0.1) is 19.3 Å². The molecule has 1 atom stereocenters. The molecule has 1 unspecified atom stereocenters. The Bertz CT molecular complexity index is 327. The molecule has 0 aliphatic carbocycles. The number of rotatable bonds is 2. The van der Waals surface area contributed by atoms with Crippen LogP contribution in [0.5, 0.6) is 0 Å². The summed E-state index contributed by atoms with van der Waals surface area (Å²) in [6.45, 7) is 1.96. The normalized spacial score (nSPS) is 22.1. The van der Waals surface area contributed by atoms with E-state index in [9.17, 15) is 4.79 Å². The molecule has 1 aromatic heterocycles. The summed E-state index contributed by atoms with van der Waals surface area (Å²) < 4.78 is 10.4. The molecule has 2 rings (SSSR count). The SMILES string of the molecule is O=C(O)c1ccc(C2COCCN2)o1. The zero-order valence-electron chi connectivity index (χ0n) is 7.53. The molecule has 2 N–H and O–H groups in total. The lowest BCUT2D eigenvalue weighted by Crippen LogP contribution is -2.34. The van der Waals surface area contributed by atoms with Crippen molar-refractivity contribution in [2.75, 3.05) is 19.8 Å². The minimum atomic E-state index is -1.05. The second-order valence-electron chi connectivity index (χ2n) is 3.09. The van der Waals surface area contributed by atoms with Gasteiger partial charge < -0.3 is 19.6 Å².